The second kappa shape index (κ2) is 11.2. The van der Waals surface area contributed by atoms with Crippen LogP contribution in [0.25, 0.3) is 5.57 Å². The first kappa shape index (κ1) is 25.1. The predicted octanol–water partition coefficient (Wildman–Crippen LogP) is 7.23. The first-order valence-electron chi connectivity index (χ1n) is 13.6. The normalized spacial score (nSPS) is 22.8. The number of rotatable bonds is 13. The second-order valence-corrected chi connectivity index (χ2v) is 11.0. The van der Waals surface area contributed by atoms with Gasteiger partial charge >= 0.3 is 0 Å². The summed E-state index contributed by atoms with van der Waals surface area (Å²) < 4.78 is 22.6. The standard InChI is InChI=1S/C32H40O4/c1-4-5-6-17-32(2,3)30-18-26(13-16-31(30)36-22-29-21-35-29)25-9-7-23(8-10-25)24-11-14-27(15-12-24)33-19-28-20-34-28/h7,9-16,18,23,28-29H,4-6,8,17,19-22H2,1-3H3. The molecule has 0 N–H and O–H groups in total. The van der Waals surface area contributed by atoms with Gasteiger partial charge in [-0.3, -0.25) is 0 Å². The van der Waals surface area contributed by atoms with Crippen LogP contribution in [0.5, 0.6) is 11.5 Å². The Kier molecular flexibility index (Phi) is 7.83. The first-order chi connectivity index (χ1) is 17.5. The van der Waals surface area contributed by atoms with E-state index in [0.29, 0.717) is 19.1 Å². The summed E-state index contributed by atoms with van der Waals surface area (Å²) in [5.41, 5.74) is 5.24. The van der Waals surface area contributed by atoms with E-state index < -0.39 is 0 Å². The summed E-state index contributed by atoms with van der Waals surface area (Å²) in [6.45, 7) is 9.90. The molecule has 0 aromatic heterocycles. The third kappa shape index (κ3) is 6.60. The van der Waals surface area contributed by atoms with Crippen LogP contribution in [0.3, 0.4) is 0 Å². The number of allylic oxidation sites excluding steroid dienone is 4. The van der Waals surface area contributed by atoms with Crippen molar-refractivity contribution in [3.05, 3.63) is 77.4 Å². The molecular weight excluding hydrogens is 448 g/mol. The zero-order valence-corrected chi connectivity index (χ0v) is 22.0. The Hall–Kier alpha value is -2.56. The van der Waals surface area contributed by atoms with Crippen LogP contribution in [0, 0.1) is 0 Å². The van der Waals surface area contributed by atoms with E-state index in [9.17, 15) is 0 Å². The Balaban J connectivity index is 1.27. The number of benzene rings is 2. The molecule has 2 heterocycles. The van der Waals surface area contributed by atoms with Gasteiger partial charge in [-0.2, -0.15) is 0 Å². The lowest BCUT2D eigenvalue weighted by atomic mass is 9.78. The summed E-state index contributed by atoms with van der Waals surface area (Å²) in [5, 5.41) is 0. The Morgan fingerprint density at radius 3 is 2.28 bits per heavy atom. The van der Waals surface area contributed by atoms with Crippen molar-refractivity contribution in [2.75, 3.05) is 26.4 Å². The minimum Gasteiger partial charge on any atom is -0.491 e. The highest BCUT2D eigenvalue weighted by molar-refractivity contribution is 5.76. The van der Waals surface area contributed by atoms with Crippen molar-refractivity contribution < 1.29 is 18.9 Å². The summed E-state index contributed by atoms with van der Waals surface area (Å²) >= 11 is 0. The largest absolute Gasteiger partial charge is 0.491 e. The van der Waals surface area contributed by atoms with E-state index in [-0.39, 0.29) is 17.6 Å². The van der Waals surface area contributed by atoms with Crippen LogP contribution < -0.4 is 9.47 Å². The molecular formula is C32H40O4. The Bertz CT molecular complexity index is 1070. The molecule has 0 radical (unpaired) electrons. The van der Waals surface area contributed by atoms with Crippen molar-refractivity contribution in [2.45, 2.75) is 76.4 Å². The van der Waals surface area contributed by atoms with Gasteiger partial charge in [0, 0.05) is 11.5 Å². The van der Waals surface area contributed by atoms with Crippen LogP contribution in [-0.4, -0.2) is 38.6 Å². The van der Waals surface area contributed by atoms with Gasteiger partial charge in [-0.15, -0.1) is 0 Å². The molecule has 0 saturated carbocycles. The highest BCUT2D eigenvalue weighted by atomic mass is 16.6. The number of unbranched alkanes of at least 4 members (excludes halogenated alkanes) is 2. The highest BCUT2D eigenvalue weighted by Crippen LogP contribution is 2.39. The van der Waals surface area contributed by atoms with Crippen LogP contribution in [0.4, 0.5) is 0 Å². The van der Waals surface area contributed by atoms with Crippen molar-refractivity contribution in [1.82, 2.24) is 0 Å². The van der Waals surface area contributed by atoms with Gasteiger partial charge in [0.25, 0.3) is 0 Å². The van der Waals surface area contributed by atoms with E-state index >= 15 is 0 Å². The summed E-state index contributed by atoms with van der Waals surface area (Å²) in [7, 11) is 0. The van der Waals surface area contributed by atoms with Crippen molar-refractivity contribution >= 4 is 5.57 Å². The maximum absolute atomic E-state index is 6.23. The molecule has 36 heavy (non-hydrogen) atoms. The lowest BCUT2D eigenvalue weighted by Gasteiger charge is -2.29. The minimum absolute atomic E-state index is 0.0574. The Morgan fingerprint density at radius 2 is 1.64 bits per heavy atom. The van der Waals surface area contributed by atoms with Gasteiger partial charge in [0.2, 0.25) is 0 Å². The fraction of sp³-hybridized carbons (Fsp3) is 0.500. The average Bonchev–Trinajstić information content (AvgIpc) is 3.82. The fourth-order valence-corrected chi connectivity index (χ4v) is 4.91. The monoisotopic (exact) mass is 488 g/mol. The van der Waals surface area contributed by atoms with Crippen molar-refractivity contribution in [1.29, 1.82) is 0 Å². The maximum Gasteiger partial charge on any atom is 0.123 e. The molecule has 4 heteroatoms. The summed E-state index contributed by atoms with van der Waals surface area (Å²) in [4.78, 5) is 0. The second-order valence-electron chi connectivity index (χ2n) is 11.0. The first-order valence-corrected chi connectivity index (χ1v) is 13.6. The Morgan fingerprint density at radius 1 is 0.917 bits per heavy atom. The van der Waals surface area contributed by atoms with Crippen molar-refractivity contribution in [3.63, 3.8) is 0 Å². The molecule has 0 spiro atoms. The molecule has 2 saturated heterocycles. The molecule has 2 aromatic rings. The average molecular weight is 489 g/mol. The van der Waals surface area contributed by atoms with Gasteiger partial charge in [-0.1, -0.05) is 76.5 Å². The molecule has 0 amide bonds. The third-order valence-corrected chi connectivity index (χ3v) is 7.52. The zero-order chi connectivity index (χ0) is 25.0. The van der Waals surface area contributed by atoms with Crippen LogP contribution in [-0.2, 0) is 14.9 Å². The zero-order valence-electron chi connectivity index (χ0n) is 22.0. The van der Waals surface area contributed by atoms with Crippen LogP contribution in [0.2, 0.25) is 0 Å². The number of epoxide rings is 2. The fourth-order valence-electron chi connectivity index (χ4n) is 4.91. The van der Waals surface area contributed by atoms with E-state index in [1.54, 1.807) is 0 Å². The molecule has 4 nitrogen and oxygen atoms in total. The van der Waals surface area contributed by atoms with Crippen LogP contribution in [0.15, 0.2) is 60.7 Å². The van der Waals surface area contributed by atoms with Gasteiger partial charge in [0.15, 0.2) is 0 Å². The van der Waals surface area contributed by atoms with E-state index in [1.165, 1.54) is 41.5 Å². The van der Waals surface area contributed by atoms with E-state index in [2.05, 4.69) is 81.5 Å². The number of ether oxygens (including phenoxy) is 4. The van der Waals surface area contributed by atoms with Gasteiger partial charge in [-0.25, -0.2) is 0 Å². The van der Waals surface area contributed by atoms with E-state index in [4.69, 9.17) is 18.9 Å². The molecule has 3 atom stereocenters. The van der Waals surface area contributed by atoms with Gasteiger partial charge in [-0.05, 0) is 59.2 Å². The van der Waals surface area contributed by atoms with Crippen molar-refractivity contribution in [3.8, 4) is 11.5 Å². The number of hydrogen-bond acceptors (Lipinski definition) is 4. The quantitative estimate of drug-likeness (QED) is 0.220. The topological polar surface area (TPSA) is 43.5 Å². The van der Waals surface area contributed by atoms with Crippen molar-refractivity contribution in [2.24, 2.45) is 0 Å². The minimum atomic E-state index is 0.0574. The molecule has 5 rings (SSSR count). The van der Waals surface area contributed by atoms with E-state index in [0.717, 1.165) is 37.6 Å². The number of hydrogen-bond donors (Lipinski definition) is 0. The van der Waals surface area contributed by atoms with Crippen LogP contribution >= 0.6 is 0 Å². The molecule has 192 valence electrons. The molecule has 1 aliphatic carbocycles. The summed E-state index contributed by atoms with van der Waals surface area (Å²) in [5.74, 6) is 2.31. The van der Waals surface area contributed by atoms with Gasteiger partial charge in [0.1, 0.15) is 36.9 Å². The van der Waals surface area contributed by atoms with Gasteiger partial charge in [0.05, 0.1) is 13.2 Å². The summed E-state index contributed by atoms with van der Waals surface area (Å²) in [6, 6.07) is 15.3. The van der Waals surface area contributed by atoms with Gasteiger partial charge < -0.3 is 18.9 Å². The summed E-state index contributed by atoms with van der Waals surface area (Å²) in [6.07, 6.45) is 13.4. The maximum atomic E-state index is 6.23. The Labute approximate surface area is 216 Å². The third-order valence-electron chi connectivity index (χ3n) is 7.52. The lowest BCUT2D eigenvalue weighted by Crippen LogP contribution is -2.20. The molecule has 2 aromatic carbocycles. The SMILES string of the molecule is CCCCCC(C)(C)c1cc(C2=CCC(c3ccc(OCC4CO4)cc3)C=C2)ccc1OCC1CO1. The smallest absolute Gasteiger partial charge is 0.123 e. The lowest BCUT2D eigenvalue weighted by molar-refractivity contribution is 0.256. The van der Waals surface area contributed by atoms with Crippen LogP contribution in [0.1, 0.15) is 75.5 Å². The molecule has 2 aliphatic heterocycles. The van der Waals surface area contributed by atoms with E-state index in [1.807, 2.05) is 0 Å². The molecule has 2 fully saturated rings. The predicted molar refractivity (Wildman–Crippen MR) is 145 cm³/mol. The molecule has 3 aliphatic rings. The highest BCUT2D eigenvalue weighted by Gasteiger charge is 2.28. The molecule has 3 unspecified atom stereocenters. The molecule has 0 bridgehead atoms.